The van der Waals surface area contributed by atoms with E-state index < -0.39 is 6.04 Å². The number of benzene rings is 1. The number of para-hydroxylation sites is 1. The van der Waals surface area contributed by atoms with Crippen LogP contribution in [0.25, 0.3) is 11.5 Å². The van der Waals surface area contributed by atoms with Crippen LogP contribution in [-0.4, -0.2) is 15.7 Å². The summed E-state index contributed by atoms with van der Waals surface area (Å²) in [5, 5.41) is 7.23. The van der Waals surface area contributed by atoms with E-state index in [-0.39, 0.29) is 11.5 Å². The zero-order valence-electron chi connectivity index (χ0n) is 12.8. The van der Waals surface area contributed by atoms with Crippen LogP contribution in [-0.2, 0) is 11.2 Å². The van der Waals surface area contributed by atoms with E-state index in [1.165, 1.54) is 10.7 Å². The third-order valence-corrected chi connectivity index (χ3v) is 4.16. The standard InChI is InChI=1S/C18H15N3O3/c22-17-10-8-14(16-6-3-11-24-16)20-21(17)15-9-7-12-4-1-2-5-13(12)19-18(15)23/h1-6,8,10-11,15H,7,9H2,(H,19,23)/t15-/m1/s1. The van der Waals surface area contributed by atoms with Crippen molar-refractivity contribution in [3.05, 3.63) is 70.7 Å². The summed E-state index contributed by atoms with van der Waals surface area (Å²) in [5.74, 6) is 0.326. The van der Waals surface area contributed by atoms with Crippen molar-refractivity contribution >= 4 is 11.6 Å². The van der Waals surface area contributed by atoms with Crippen LogP contribution in [0.4, 0.5) is 5.69 Å². The molecule has 3 heterocycles. The minimum Gasteiger partial charge on any atom is -0.463 e. The van der Waals surface area contributed by atoms with E-state index in [1.54, 1.807) is 24.5 Å². The minimum absolute atomic E-state index is 0.230. The third kappa shape index (κ3) is 2.52. The van der Waals surface area contributed by atoms with Gasteiger partial charge in [0.2, 0.25) is 5.91 Å². The van der Waals surface area contributed by atoms with Gasteiger partial charge in [-0.15, -0.1) is 0 Å². The van der Waals surface area contributed by atoms with Gasteiger partial charge in [0.15, 0.2) is 5.76 Å². The molecule has 6 nitrogen and oxygen atoms in total. The van der Waals surface area contributed by atoms with Gasteiger partial charge in [0.1, 0.15) is 11.7 Å². The Kier molecular flexibility index (Phi) is 3.49. The second kappa shape index (κ2) is 5.81. The average Bonchev–Trinajstić information content (AvgIpc) is 3.07. The molecule has 6 heteroatoms. The molecule has 1 aliphatic rings. The number of hydrogen-bond acceptors (Lipinski definition) is 4. The molecule has 0 unspecified atom stereocenters. The second-order valence-corrected chi connectivity index (χ2v) is 5.68. The lowest BCUT2D eigenvalue weighted by Crippen LogP contribution is -2.34. The lowest BCUT2D eigenvalue weighted by Gasteiger charge is -2.15. The molecule has 1 aromatic carbocycles. The number of aryl methyl sites for hydroxylation is 1. The zero-order valence-corrected chi connectivity index (χ0v) is 12.8. The summed E-state index contributed by atoms with van der Waals surface area (Å²) in [6, 6.07) is 13.5. The van der Waals surface area contributed by atoms with Gasteiger partial charge in [-0.2, -0.15) is 5.10 Å². The summed E-state index contributed by atoms with van der Waals surface area (Å²) in [4.78, 5) is 24.9. The molecule has 0 radical (unpaired) electrons. The highest BCUT2D eigenvalue weighted by molar-refractivity contribution is 5.95. The maximum absolute atomic E-state index is 12.6. The number of nitrogens with zero attached hydrogens (tertiary/aromatic N) is 2. The number of rotatable bonds is 2. The predicted molar refractivity (Wildman–Crippen MR) is 88.6 cm³/mol. The molecule has 0 fully saturated rings. The van der Waals surface area contributed by atoms with Crippen LogP contribution >= 0.6 is 0 Å². The predicted octanol–water partition coefficient (Wildman–Crippen LogP) is 2.63. The van der Waals surface area contributed by atoms with Crippen molar-refractivity contribution in [1.29, 1.82) is 0 Å². The number of fused-ring (bicyclic) bond motifs is 1. The van der Waals surface area contributed by atoms with Gasteiger partial charge in [-0.3, -0.25) is 9.59 Å². The topological polar surface area (TPSA) is 77.1 Å². The lowest BCUT2D eigenvalue weighted by atomic mass is 10.1. The molecule has 1 atom stereocenters. The average molecular weight is 321 g/mol. The summed E-state index contributed by atoms with van der Waals surface area (Å²) >= 11 is 0. The molecule has 3 aromatic rings. The third-order valence-electron chi connectivity index (χ3n) is 4.16. The van der Waals surface area contributed by atoms with Crippen LogP contribution in [0.3, 0.4) is 0 Å². The Morgan fingerprint density at radius 3 is 2.79 bits per heavy atom. The first kappa shape index (κ1) is 14.4. The molecule has 0 aliphatic carbocycles. The van der Waals surface area contributed by atoms with Crippen LogP contribution in [0, 0.1) is 0 Å². The van der Waals surface area contributed by atoms with Gasteiger partial charge in [0, 0.05) is 11.8 Å². The van der Waals surface area contributed by atoms with E-state index in [0.29, 0.717) is 24.3 Å². The fourth-order valence-corrected chi connectivity index (χ4v) is 2.94. The molecule has 0 saturated heterocycles. The Morgan fingerprint density at radius 1 is 1.08 bits per heavy atom. The molecular formula is C18H15N3O3. The number of nitrogens with one attached hydrogen (secondary N) is 1. The number of amides is 1. The molecule has 0 saturated carbocycles. The number of furan rings is 1. The number of hydrogen-bond donors (Lipinski definition) is 1. The molecule has 24 heavy (non-hydrogen) atoms. The lowest BCUT2D eigenvalue weighted by molar-refractivity contribution is -0.119. The molecule has 2 aromatic heterocycles. The van der Waals surface area contributed by atoms with Crippen LogP contribution in [0.5, 0.6) is 0 Å². The van der Waals surface area contributed by atoms with E-state index in [1.807, 2.05) is 24.3 Å². The van der Waals surface area contributed by atoms with E-state index in [4.69, 9.17) is 4.42 Å². The van der Waals surface area contributed by atoms with Crippen molar-refractivity contribution in [1.82, 2.24) is 9.78 Å². The molecular weight excluding hydrogens is 306 g/mol. The van der Waals surface area contributed by atoms with Gasteiger partial charge < -0.3 is 9.73 Å². The first-order valence-electron chi connectivity index (χ1n) is 7.75. The summed E-state index contributed by atoms with van der Waals surface area (Å²) in [6.07, 6.45) is 2.75. The molecule has 0 spiro atoms. The van der Waals surface area contributed by atoms with Crippen molar-refractivity contribution in [2.45, 2.75) is 18.9 Å². The van der Waals surface area contributed by atoms with Crippen LogP contribution in [0.2, 0.25) is 0 Å². The SMILES string of the molecule is O=C1Nc2ccccc2CC[C@H]1n1nc(-c2ccco2)ccc1=O. The van der Waals surface area contributed by atoms with Gasteiger partial charge in [-0.25, -0.2) is 4.68 Å². The normalized spacial score (nSPS) is 17.0. The van der Waals surface area contributed by atoms with Crippen molar-refractivity contribution in [3.8, 4) is 11.5 Å². The van der Waals surface area contributed by atoms with Crippen molar-refractivity contribution in [2.75, 3.05) is 5.32 Å². The summed E-state index contributed by atoms with van der Waals surface area (Å²) in [5.41, 5.74) is 2.06. The largest absolute Gasteiger partial charge is 0.463 e. The van der Waals surface area contributed by atoms with E-state index in [0.717, 1.165) is 11.3 Å². The maximum atomic E-state index is 12.6. The van der Waals surface area contributed by atoms with Crippen LogP contribution < -0.4 is 10.9 Å². The number of carbonyl (C=O) groups excluding carboxylic acids is 1. The molecule has 1 aliphatic heterocycles. The highest BCUT2D eigenvalue weighted by atomic mass is 16.3. The fraction of sp³-hybridized carbons (Fsp3) is 0.167. The first-order chi connectivity index (χ1) is 11.7. The van der Waals surface area contributed by atoms with Gasteiger partial charge in [-0.1, -0.05) is 18.2 Å². The number of aromatic nitrogens is 2. The highest BCUT2D eigenvalue weighted by Gasteiger charge is 2.27. The quantitative estimate of drug-likeness (QED) is 0.787. The Balaban J connectivity index is 1.73. The Bertz CT molecular complexity index is 944. The molecule has 1 amide bonds. The van der Waals surface area contributed by atoms with Crippen LogP contribution in [0.1, 0.15) is 18.0 Å². The monoisotopic (exact) mass is 321 g/mol. The fourth-order valence-electron chi connectivity index (χ4n) is 2.94. The summed E-state index contributed by atoms with van der Waals surface area (Å²) in [7, 11) is 0. The maximum Gasteiger partial charge on any atom is 0.267 e. The Morgan fingerprint density at radius 2 is 1.96 bits per heavy atom. The summed E-state index contributed by atoms with van der Waals surface area (Å²) < 4.78 is 6.57. The zero-order chi connectivity index (χ0) is 16.5. The molecule has 120 valence electrons. The van der Waals surface area contributed by atoms with Crippen molar-refractivity contribution in [3.63, 3.8) is 0 Å². The molecule has 4 rings (SSSR count). The number of carbonyl (C=O) groups is 1. The van der Waals surface area contributed by atoms with Crippen LogP contribution in [0.15, 0.2) is 64.0 Å². The smallest absolute Gasteiger partial charge is 0.267 e. The number of anilines is 1. The van der Waals surface area contributed by atoms with Crippen molar-refractivity contribution in [2.24, 2.45) is 0 Å². The van der Waals surface area contributed by atoms with E-state index in [2.05, 4.69) is 10.4 Å². The molecule has 1 N–H and O–H groups in total. The first-order valence-corrected chi connectivity index (χ1v) is 7.75. The minimum atomic E-state index is -0.653. The van der Waals surface area contributed by atoms with Gasteiger partial charge >= 0.3 is 0 Å². The Labute approximate surface area is 137 Å². The molecule has 0 bridgehead atoms. The van der Waals surface area contributed by atoms with Gasteiger partial charge in [0.05, 0.1) is 6.26 Å². The van der Waals surface area contributed by atoms with Gasteiger partial charge in [-0.05, 0) is 42.7 Å². The van der Waals surface area contributed by atoms with E-state index >= 15 is 0 Å². The highest BCUT2D eigenvalue weighted by Crippen LogP contribution is 2.26. The second-order valence-electron chi connectivity index (χ2n) is 5.68. The van der Waals surface area contributed by atoms with E-state index in [9.17, 15) is 9.59 Å². The Hall–Kier alpha value is -3.15. The summed E-state index contributed by atoms with van der Waals surface area (Å²) in [6.45, 7) is 0. The van der Waals surface area contributed by atoms with Gasteiger partial charge in [0.25, 0.3) is 5.56 Å². The van der Waals surface area contributed by atoms with Crippen molar-refractivity contribution < 1.29 is 9.21 Å².